The molecule has 100 valence electrons. The topological polar surface area (TPSA) is 35.6 Å². The van der Waals surface area contributed by atoms with E-state index in [4.69, 9.17) is 0 Å². The van der Waals surface area contributed by atoms with Gasteiger partial charge in [0.1, 0.15) is 0 Å². The first kappa shape index (κ1) is 14.5. The highest BCUT2D eigenvalue weighted by molar-refractivity contribution is 5.76. The molecule has 4 nitrogen and oxygen atoms in total. The molecule has 0 bridgehead atoms. The molecule has 1 heterocycles. The number of hydrogen-bond acceptors (Lipinski definition) is 3. The van der Waals surface area contributed by atoms with Crippen LogP contribution < -0.4 is 5.32 Å². The molecule has 0 spiro atoms. The predicted molar refractivity (Wildman–Crippen MR) is 71.1 cm³/mol. The predicted octanol–water partition coefficient (Wildman–Crippen LogP) is 0.929. The molecule has 0 aromatic heterocycles. The summed E-state index contributed by atoms with van der Waals surface area (Å²) in [7, 11) is 2.17. The van der Waals surface area contributed by atoms with Crippen molar-refractivity contribution in [1.29, 1.82) is 0 Å². The van der Waals surface area contributed by atoms with Crippen molar-refractivity contribution in [3.63, 3.8) is 0 Å². The van der Waals surface area contributed by atoms with Gasteiger partial charge in [0.25, 0.3) is 0 Å². The van der Waals surface area contributed by atoms with Crippen LogP contribution in [0.15, 0.2) is 0 Å². The lowest BCUT2D eigenvalue weighted by atomic mass is 10.2. The molecule has 1 fully saturated rings. The molecule has 17 heavy (non-hydrogen) atoms. The second kappa shape index (κ2) is 7.67. The van der Waals surface area contributed by atoms with Gasteiger partial charge in [-0.15, -0.1) is 0 Å². The second-order valence-corrected chi connectivity index (χ2v) is 4.80. The van der Waals surface area contributed by atoms with Gasteiger partial charge in [0, 0.05) is 32.1 Å². The van der Waals surface area contributed by atoms with Crippen LogP contribution >= 0.6 is 0 Å². The van der Waals surface area contributed by atoms with Crippen LogP contribution in [0.4, 0.5) is 0 Å². The van der Waals surface area contributed by atoms with Crippen LogP contribution in [0, 0.1) is 0 Å². The summed E-state index contributed by atoms with van der Waals surface area (Å²) in [6.07, 6.45) is 2.90. The van der Waals surface area contributed by atoms with E-state index >= 15 is 0 Å². The van der Waals surface area contributed by atoms with Crippen molar-refractivity contribution in [2.75, 3.05) is 39.8 Å². The van der Waals surface area contributed by atoms with Crippen molar-refractivity contribution in [1.82, 2.24) is 15.1 Å². The van der Waals surface area contributed by atoms with E-state index in [-0.39, 0.29) is 0 Å². The lowest BCUT2D eigenvalue weighted by Gasteiger charge is -2.24. The summed E-state index contributed by atoms with van der Waals surface area (Å²) in [5.41, 5.74) is 0. The standard InChI is InChI=1S/C13H27N3O/c1-4-16(5-2)13(17)7-6-10-15(3)12-8-9-14-11-12/h12,14H,4-11H2,1-3H3. The zero-order chi connectivity index (χ0) is 12.7. The zero-order valence-corrected chi connectivity index (χ0v) is 11.5. The SMILES string of the molecule is CCN(CC)C(=O)CCCN(C)C1CCNC1. The fourth-order valence-corrected chi connectivity index (χ4v) is 2.41. The van der Waals surface area contributed by atoms with Gasteiger partial charge in [-0.3, -0.25) is 4.79 Å². The van der Waals surface area contributed by atoms with E-state index in [0.717, 1.165) is 39.1 Å². The van der Waals surface area contributed by atoms with Crippen molar-refractivity contribution in [3.05, 3.63) is 0 Å². The summed E-state index contributed by atoms with van der Waals surface area (Å²) in [6.45, 7) is 9.00. The highest BCUT2D eigenvalue weighted by Gasteiger charge is 2.19. The molecule has 0 aliphatic carbocycles. The fourth-order valence-electron chi connectivity index (χ4n) is 2.41. The van der Waals surface area contributed by atoms with Crippen molar-refractivity contribution >= 4 is 5.91 Å². The van der Waals surface area contributed by atoms with Crippen molar-refractivity contribution < 1.29 is 4.79 Å². The maximum atomic E-state index is 11.8. The average Bonchev–Trinajstić information content (AvgIpc) is 2.84. The Morgan fingerprint density at radius 1 is 1.35 bits per heavy atom. The van der Waals surface area contributed by atoms with Crippen LogP contribution in [0.5, 0.6) is 0 Å². The van der Waals surface area contributed by atoms with Crippen LogP contribution in [-0.2, 0) is 4.79 Å². The minimum atomic E-state index is 0.299. The van der Waals surface area contributed by atoms with E-state index in [0.29, 0.717) is 18.4 Å². The molecular formula is C13H27N3O. The van der Waals surface area contributed by atoms with E-state index < -0.39 is 0 Å². The van der Waals surface area contributed by atoms with Gasteiger partial charge in [-0.2, -0.15) is 0 Å². The van der Waals surface area contributed by atoms with E-state index in [2.05, 4.69) is 17.3 Å². The number of rotatable bonds is 7. The third-order valence-electron chi connectivity index (χ3n) is 3.68. The summed E-state index contributed by atoms with van der Waals surface area (Å²) >= 11 is 0. The van der Waals surface area contributed by atoms with E-state index in [1.165, 1.54) is 6.42 Å². The Labute approximate surface area is 105 Å². The molecule has 1 aliphatic heterocycles. The van der Waals surface area contributed by atoms with Gasteiger partial charge in [0.2, 0.25) is 5.91 Å². The summed E-state index contributed by atoms with van der Waals surface area (Å²) < 4.78 is 0. The number of carbonyl (C=O) groups excluding carboxylic acids is 1. The maximum absolute atomic E-state index is 11.8. The molecule has 1 amide bonds. The molecule has 1 unspecified atom stereocenters. The zero-order valence-electron chi connectivity index (χ0n) is 11.5. The molecule has 0 aromatic rings. The van der Waals surface area contributed by atoms with Gasteiger partial charge in [0.15, 0.2) is 0 Å². The molecule has 1 N–H and O–H groups in total. The second-order valence-electron chi connectivity index (χ2n) is 4.80. The summed E-state index contributed by atoms with van der Waals surface area (Å²) in [5.74, 6) is 0.299. The van der Waals surface area contributed by atoms with Crippen LogP contribution in [-0.4, -0.2) is 61.5 Å². The average molecular weight is 241 g/mol. The highest BCUT2D eigenvalue weighted by Crippen LogP contribution is 2.07. The summed E-state index contributed by atoms with van der Waals surface area (Å²) in [5, 5.41) is 3.37. The Bertz CT molecular complexity index is 223. The Morgan fingerprint density at radius 3 is 2.59 bits per heavy atom. The normalized spacial score (nSPS) is 19.9. The van der Waals surface area contributed by atoms with E-state index in [9.17, 15) is 4.79 Å². The van der Waals surface area contributed by atoms with E-state index in [1.807, 2.05) is 18.7 Å². The van der Waals surface area contributed by atoms with Gasteiger partial charge >= 0.3 is 0 Å². The Morgan fingerprint density at radius 2 is 2.06 bits per heavy atom. The van der Waals surface area contributed by atoms with Gasteiger partial charge in [-0.1, -0.05) is 0 Å². The molecule has 0 aromatic carbocycles. The highest BCUT2D eigenvalue weighted by atomic mass is 16.2. The number of likely N-dealkylation sites (N-methyl/N-ethyl adjacent to an activating group) is 1. The Hall–Kier alpha value is -0.610. The molecule has 1 saturated heterocycles. The Kier molecular flexibility index (Phi) is 6.52. The van der Waals surface area contributed by atoms with Gasteiger partial charge in [0.05, 0.1) is 0 Å². The third kappa shape index (κ3) is 4.64. The summed E-state index contributed by atoms with van der Waals surface area (Å²) in [6, 6.07) is 0.665. The summed E-state index contributed by atoms with van der Waals surface area (Å²) in [4.78, 5) is 16.1. The van der Waals surface area contributed by atoms with Crippen molar-refractivity contribution in [2.24, 2.45) is 0 Å². The fraction of sp³-hybridized carbons (Fsp3) is 0.923. The largest absolute Gasteiger partial charge is 0.343 e. The van der Waals surface area contributed by atoms with Gasteiger partial charge < -0.3 is 15.1 Å². The van der Waals surface area contributed by atoms with Crippen molar-refractivity contribution in [2.45, 2.75) is 39.2 Å². The monoisotopic (exact) mass is 241 g/mol. The quantitative estimate of drug-likeness (QED) is 0.720. The van der Waals surface area contributed by atoms with E-state index in [1.54, 1.807) is 0 Å². The number of carbonyl (C=O) groups is 1. The molecule has 0 saturated carbocycles. The number of hydrogen-bond donors (Lipinski definition) is 1. The molecule has 1 aliphatic rings. The minimum Gasteiger partial charge on any atom is -0.343 e. The molecule has 0 radical (unpaired) electrons. The molecule has 4 heteroatoms. The molecule has 1 atom stereocenters. The first-order valence-electron chi connectivity index (χ1n) is 6.87. The van der Waals surface area contributed by atoms with Gasteiger partial charge in [-0.25, -0.2) is 0 Å². The molecular weight excluding hydrogens is 214 g/mol. The maximum Gasteiger partial charge on any atom is 0.222 e. The first-order chi connectivity index (χ1) is 8.19. The van der Waals surface area contributed by atoms with Crippen LogP contribution in [0.1, 0.15) is 33.1 Å². The smallest absolute Gasteiger partial charge is 0.222 e. The number of amides is 1. The Balaban J connectivity index is 2.15. The third-order valence-corrected chi connectivity index (χ3v) is 3.68. The number of nitrogens with zero attached hydrogens (tertiary/aromatic N) is 2. The van der Waals surface area contributed by atoms with Crippen LogP contribution in [0.2, 0.25) is 0 Å². The lowest BCUT2D eigenvalue weighted by molar-refractivity contribution is -0.131. The van der Waals surface area contributed by atoms with Crippen molar-refractivity contribution in [3.8, 4) is 0 Å². The molecule has 1 rings (SSSR count). The van der Waals surface area contributed by atoms with Crippen LogP contribution in [0.3, 0.4) is 0 Å². The number of nitrogens with one attached hydrogen (secondary N) is 1. The minimum absolute atomic E-state index is 0.299. The van der Waals surface area contributed by atoms with Crippen LogP contribution in [0.25, 0.3) is 0 Å². The van der Waals surface area contributed by atoms with Gasteiger partial charge in [-0.05, 0) is 46.8 Å². The lowest BCUT2D eigenvalue weighted by Crippen LogP contribution is -2.35. The first-order valence-corrected chi connectivity index (χ1v) is 6.87.